The van der Waals surface area contributed by atoms with E-state index in [0.717, 1.165) is 55.2 Å². The van der Waals surface area contributed by atoms with E-state index in [2.05, 4.69) is 31.2 Å². The maximum absolute atomic E-state index is 6.27. The molecule has 1 fully saturated rings. The molecular weight excluding hydrogens is 369 g/mol. The molecule has 0 bridgehead atoms. The van der Waals surface area contributed by atoms with E-state index in [1.807, 2.05) is 31.2 Å². The lowest BCUT2D eigenvalue weighted by molar-refractivity contribution is 0.275. The highest BCUT2D eigenvalue weighted by Crippen LogP contribution is 2.25. The second-order valence-electron chi connectivity index (χ2n) is 5.38. The molecule has 1 aromatic carbocycles. The van der Waals surface area contributed by atoms with Gasteiger partial charge < -0.3 is 10.2 Å². The van der Waals surface area contributed by atoms with Gasteiger partial charge in [0.05, 0.1) is 17.4 Å². The molecular formula is C16H22Cl3N5. The lowest BCUT2D eigenvalue weighted by atomic mass is 10.2. The van der Waals surface area contributed by atoms with Gasteiger partial charge in [0, 0.05) is 32.4 Å². The van der Waals surface area contributed by atoms with Crippen molar-refractivity contribution in [3.63, 3.8) is 0 Å². The van der Waals surface area contributed by atoms with E-state index >= 15 is 0 Å². The molecule has 0 spiro atoms. The normalized spacial score (nSPS) is 14.5. The van der Waals surface area contributed by atoms with Gasteiger partial charge in [0.1, 0.15) is 11.6 Å². The maximum Gasteiger partial charge on any atom is 0.130 e. The number of nitrogens with zero attached hydrogens (tertiary/aromatic N) is 4. The van der Waals surface area contributed by atoms with Crippen molar-refractivity contribution in [3.8, 4) is 0 Å². The third kappa shape index (κ3) is 5.38. The van der Waals surface area contributed by atoms with Crippen LogP contribution in [0.4, 0.5) is 11.5 Å². The molecule has 24 heavy (non-hydrogen) atoms. The Balaban J connectivity index is 0.00000144. The van der Waals surface area contributed by atoms with E-state index in [0.29, 0.717) is 0 Å². The van der Waals surface area contributed by atoms with Crippen molar-refractivity contribution in [1.82, 2.24) is 14.9 Å². The summed E-state index contributed by atoms with van der Waals surface area (Å²) in [5.41, 5.74) is 1.13. The fraction of sp³-hybridized carbons (Fsp3) is 0.375. The van der Waals surface area contributed by atoms with Crippen molar-refractivity contribution in [2.45, 2.75) is 6.92 Å². The molecule has 1 N–H and O–H groups in total. The lowest BCUT2D eigenvalue weighted by Crippen LogP contribution is -2.48. The minimum atomic E-state index is 0. The maximum atomic E-state index is 6.27. The first-order valence-corrected chi connectivity index (χ1v) is 7.85. The van der Waals surface area contributed by atoms with E-state index in [9.17, 15) is 0 Å². The Hall–Kier alpha value is -1.27. The molecule has 0 radical (unpaired) electrons. The van der Waals surface area contributed by atoms with Crippen molar-refractivity contribution in [2.75, 3.05) is 43.1 Å². The van der Waals surface area contributed by atoms with Crippen LogP contribution in [0.2, 0.25) is 5.02 Å². The second kappa shape index (κ2) is 9.89. The molecule has 2 heterocycles. The predicted molar refractivity (Wildman–Crippen MR) is 105 cm³/mol. The fourth-order valence-electron chi connectivity index (χ4n) is 2.60. The summed E-state index contributed by atoms with van der Waals surface area (Å²) in [6, 6.07) is 9.93. The summed E-state index contributed by atoms with van der Waals surface area (Å²) < 4.78 is 0. The summed E-state index contributed by atoms with van der Waals surface area (Å²) in [5, 5.41) is 4.18. The molecule has 8 heteroatoms. The van der Waals surface area contributed by atoms with Crippen molar-refractivity contribution in [3.05, 3.63) is 47.4 Å². The van der Waals surface area contributed by atoms with Crippen LogP contribution in [0.5, 0.6) is 0 Å². The molecule has 5 nitrogen and oxygen atoms in total. The Morgan fingerprint density at radius 2 is 1.79 bits per heavy atom. The minimum absolute atomic E-state index is 0. The van der Waals surface area contributed by atoms with Crippen LogP contribution >= 0.6 is 36.4 Å². The third-order valence-corrected chi connectivity index (χ3v) is 4.14. The van der Waals surface area contributed by atoms with E-state index in [-0.39, 0.29) is 24.8 Å². The van der Waals surface area contributed by atoms with Crippen molar-refractivity contribution in [2.24, 2.45) is 0 Å². The first-order valence-electron chi connectivity index (χ1n) is 7.48. The van der Waals surface area contributed by atoms with Crippen LogP contribution in [0, 0.1) is 6.92 Å². The summed E-state index contributed by atoms with van der Waals surface area (Å²) in [6.07, 6.45) is 1.78. The molecule has 1 aliphatic rings. The SMILES string of the molecule is Cc1nccc(NCN2CCN(c3ccccc3Cl)CC2)n1.Cl.Cl. The Bertz CT molecular complexity index is 633. The predicted octanol–water partition coefficient (Wildman–Crippen LogP) is 3.47. The van der Waals surface area contributed by atoms with Crippen LogP contribution in [0.25, 0.3) is 0 Å². The molecule has 0 aliphatic carbocycles. The highest BCUT2D eigenvalue weighted by molar-refractivity contribution is 6.33. The van der Waals surface area contributed by atoms with Crippen LogP contribution in [-0.4, -0.2) is 47.7 Å². The van der Waals surface area contributed by atoms with Crippen LogP contribution in [-0.2, 0) is 0 Å². The topological polar surface area (TPSA) is 44.3 Å². The zero-order chi connectivity index (χ0) is 15.4. The van der Waals surface area contributed by atoms with Crippen LogP contribution in [0.15, 0.2) is 36.5 Å². The summed E-state index contributed by atoms with van der Waals surface area (Å²) in [5.74, 6) is 1.66. The fourth-order valence-corrected chi connectivity index (χ4v) is 2.86. The van der Waals surface area contributed by atoms with Crippen molar-refractivity contribution in [1.29, 1.82) is 0 Å². The van der Waals surface area contributed by atoms with Crippen LogP contribution < -0.4 is 10.2 Å². The molecule has 2 aromatic rings. The molecule has 3 rings (SSSR count). The zero-order valence-corrected chi connectivity index (χ0v) is 15.9. The second-order valence-corrected chi connectivity index (χ2v) is 5.79. The number of piperazine rings is 1. The van der Waals surface area contributed by atoms with E-state index in [4.69, 9.17) is 11.6 Å². The molecule has 1 saturated heterocycles. The molecule has 0 unspecified atom stereocenters. The van der Waals surface area contributed by atoms with Gasteiger partial charge >= 0.3 is 0 Å². The molecule has 1 aromatic heterocycles. The average molecular weight is 391 g/mol. The molecule has 0 saturated carbocycles. The van der Waals surface area contributed by atoms with E-state index in [1.54, 1.807) is 6.20 Å². The highest BCUT2D eigenvalue weighted by atomic mass is 35.5. The zero-order valence-electron chi connectivity index (χ0n) is 13.5. The quantitative estimate of drug-likeness (QED) is 0.866. The van der Waals surface area contributed by atoms with Gasteiger partial charge in [-0.15, -0.1) is 24.8 Å². The van der Waals surface area contributed by atoms with E-state index in [1.165, 1.54) is 0 Å². The summed E-state index contributed by atoms with van der Waals surface area (Å²) in [4.78, 5) is 13.2. The Kier molecular flexibility index (Phi) is 8.56. The monoisotopic (exact) mass is 389 g/mol. The molecule has 1 aliphatic heterocycles. The number of aryl methyl sites for hydroxylation is 1. The highest BCUT2D eigenvalue weighted by Gasteiger charge is 2.18. The molecule has 0 amide bonds. The number of para-hydroxylation sites is 1. The smallest absolute Gasteiger partial charge is 0.130 e. The lowest BCUT2D eigenvalue weighted by Gasteiger charge is -2.36. The molecule has 132 valence electrons. The van der Waals surface area contributed by atoms with Crippen molar-refractivity contribution < 1.29 is 0 Å². The van der Waals surface area contributed by atoms with Gasteiger partial charge in [-0.05, 0) is 25.1 Å². The Morgan fingerprint density at radius 3 is 2.46 bits per heavy atom. The number of rotatable bonds is 4. The Labute approximate surface area is 160 Å². The number of anilines is 2. The first-order chi connectivity index (χ1) is 10.7. The molecule has 0 atom stereocenters. The van der Waals surface area contributed by atoms with Gasteiger partial charge in [-0.25, -0.2) is 9.97 Å². The first kappa shape index (κ1) is 20.8. The minimum Gasteiger partial charge on any atom is -0.368 e. The van der Waals surface area contributed by atoms with Crippen molar-refractivity contribution >= 4 is 47.9 Å². The number of nitrogens with one attached hydrogen (secondary N) is 1. The van der Waals surface area contributed by atoms with Crippen LogP contribution in [0.1, 0.15) is 5.82 Å². The average Bonchev–Trinajstić information content (AvgIpc) is 2.54. The standard InChI is InChI=1S/C16H20ClN5.2ClH/c1-13-18-7-6-16(20-13)19-12-21-8-10-22(11-9-21)15-5-3-2-4-14(15)17;;/h2-7H,8-12H2,1H3,(H,18,19,20);2*1H. The number of benzene rings is 1. The van der Waals surface area contributed by atoms with E-state index < -0.39 is 0 Å². The van der Waals surface area contributed by atoms with Gasteiger partial charge in [0.25, 0.3) is 0 Å². The Morgan fingerprint density at radius 1 is 1.08 bits per heavy atom. The largest absolute Gasteiger partial charge is 0.368 e. The summed E-state index contributed by atoms with van der Waals surface area (Å²) >= 11 is 6.27. The van der Waals surface area contributed by atoms with Gasteiger partial charge in [-0.1, -0.05) is 23.7 Å². The van der Waals surface area contributed by atoms with Crippen LogP contribution in [0.3, 0.4) is 0 Å². The van der Waals surface area contributed by atoms with Gasteiger partial charge in [-0.3, -0.25) is 4.90 Å². The van der Waals surface area contributed by atoms with Gasteiger partial charge in [-0.2, -0.15) is 0 Å². The number of aromatic nitrogens is 2. The number of hydrogen-bond acceptors (Lipinski definition) is 5. The van der Waals surface area contributed by atoms with Gasteiger partial charge in [0.2, 0.25) is 0 Å². The third-order valence-electron chi connectivity index (χ3n) is 3.83. The van der Waals surface area contributed by atoms with Gasteiger partial charge in [0.15, 0.2) is 0 Å². The summed E-state index contributed by atoms with van der Waals surface area (Å²) in [6.45, 7) is 6.66. The number of halogens is 3. The summed E-state index contributed by atoms with van der Waals surface area (Å²) in [7, 11) is 0. The number of hydrogen-bond donors (Lipinski definition) is 1.